The Morgan fingerprint density at radius 2 is 1.35 bits per heavy atom. The van der Waals surface area contributed by atoms with Gasteiger partial charge in [-0.2, -0.15) is 0 Å². The Kier molecular flexibility index (Phi) is 7.61. The number of carbonyl (C=O) groups excluding carboxylic acids is 2. The lowest BCUT2D eigenvalue weighted by Gasteiger charge is -2.18. The molecule has 156 valence electrons. The molecule has 7 heteroatoms. The number of hydrazine groups is 1. The molecule has 0 atom stereocenters. The maximum atomic E-state index is 12.9. The first-order chi connectivity index (χ1) is 15.0. The summed E-state index contributed by atoms with van der Waals surface area (Å²) in [5, 5.41) is 2.39. The molecule has 31 heavy (non-hydrogen) atoms. The first-order valence-electron chi connectivity index (χ1n) is 9.47. The smallest absolute Gasteiger partial charge is 0.250 e. The molecule has 0 aliphatic heterocycles. The summed E-state index contributed by atoms with van der Waals surface area (Å²) in [6.45, 7) is 0. The van der Waals surface area contributed by atoms with Crippen LogP contribution in [0, 0.1) is 5.82 Å². The molecule has 0 unspecified atom stereocenters. The summed E-state index contributed by atoms with van der Waals surface area (Å²) >= 11 is 5.08. The molecule has 0 aliphatic rings. The van der Waals surface area contributed by atoms with Gasteiger partial charge in [-0.15, -0.1) is 0 Å². The molecule has 0 fully saturated rings. The van der Waals surface area contributed by atoms with Crippen LogP contribution in [0.1, 0.15) is 22.6 Å². The van der Waals surface area contributed by atoms with E-state index < -0.39 is 11.8 Å². The van der Waals surface area contributed by atoms with Crippen LogP contribution in [-0.2, 0) is 9.59 Å². The summed E-state index contributed by atoms with van der Waals surface area (Å²) < 4.78 is 12.9. The van der Waals surface area contributed by atoms with Gasteiger partial charge in [0.15, 0.2) is 5.11 Å². The lowest BCUT2D eigenvalue weighted by molar-refractivity contribution is -0.122. The third-order valence-electron chi connectivity index (χ3n) is 4.36. The first-order valence-corrected chi connectivity index (χ1v) is 9.88. The molecule has 0 aliphatic carbocycles. The molecule has 2 amide bonds. The lowest BCUT2D eigenvalue weighted by Crippen LogP contribution is -2.49. The van der Waals surface area contributed by atoms with Gasteiger partial charge in [-0.1, -0.05) is 72.8 Å². The number of thiocarbonyl (C=S) groups is 1. The molecular formula is C24H20FN3O2S. The van der Waals surface area contributed by atoms with Crippen molar-refractivity contribution in [2.45, 2.75) is 5.92 Å². The van der Waals surface area contributed by atoms with Crippen LogP contribution in [0.15, 0.2) is 91.0 Å². The largest absolute Gasteiger partial charge is 0.298 e. The van der Waals surface area contributed by atoms with E-state index in [-0.39, 0.29) is 16.8 Å². The third-order valence-corrected chi connectivity index (χ3v) is 4.57. The van der Waals surface area contributed by atoms with Gasteiger partial charge in [-0.25, -0.2) is 4.39 Å². The molecule has 3 N–H and O–H groups in total. The molecule has 3 aromatic rings. The minimum absolute atomic E-state index is 0.0537. The van der Waals surface area contributed by atoms with E-state index in [1.165, 1.54) is 24.3 Å². The molecular weight excluding hydrogens is 413 g/mol. The highest BCUT2D eigenvalue weighted by molar-refractivity contribution is 7.80. The van der Waals surface area contributed by atoms with E-state index in [0.717, 1.165) is 11.1 Å². The van der Waals surface area contributed by atoms with Gasteiger partial charge >= 0.3 is 0 Å². The fourth-order valence-corrected chi connectivity index (χ4v) is 3.06. The fraction of sp³-hybridized carbons (Fsp3) is 0.0417. The van der Waals surface area contributed by atoms with Crippen LogP contribution in [0.4, 0.5) is 4.39 Å². The van der Waals surface area contributed by atoms with E-state index >= 15 is 0 Å². The molecule has 0 spiro atoms. The SMILES string of the molecule is O=C(C=Cc1ccc(F)cc1)NC(=S)NNC(=O)C(c1ccccc1)c1ccccc1. The van der Waals surface area contributed by atoms with Crippen LogP contribution in [0.3, 0.4) is 0 Å². The van der Waals surface area contributed by atoms with Crippen molar-refractivity contribution in [1.29, 1.82) is 0 Å². The summed E-state index contributed by atoms with van der Waals surface area (Å²) in [6.07, 6.45) is 2.79. The minimum Gasteiger partial charge on any atom is -0.298 e. The number of hydrogen-bond acceptors (Lipinski definition) is 3. The number of halogens is 1. The normalized spacial score (nSPS) is 10.6. The van der Waals surface area contributed by atoms with Crippen LogP contribution in [-0.4, -0.2) is 16.9 Å². The van der Waals surface area contributed by atoms with Crippen LogP contribution < -0.4 is 16.2 Å². The highest BCUT2D eigenvalue weighted by atomic mass is 32.1. The summed E-state index contributed by atoms with van der Waals surface area (Å²) in [5.74, 6) is -1.71. The van der Waals surface area contributed by atoms with Crippen LogP contribution >= 0.6 is 12.2 Å². The number of hydrogen-bond donors (Lipinski definition) is 3. The fourth-order valence-electron chi connectivity index (χ4n) is 2.91. The monoisotopic (exact) mass is 433 g/mol. The maximum absolute atomic E-state index is 12.9. The molecule has 0 heterocycles. The van der Waals surface area contributed by atoms with Crippen molar-refractivity contribution in [3.63, 3.8) is 0 Å². The first kappa shape index (κ1) is 21.9. The van der Waals surface area contributed by atoms with E-state index in [9.17, 15) is 14.0 Å². The van der Waals surface area contributed by atoms with E-state index in [1.807, 2.05) is 60.7 Å². The van der Waals surface area contributed by atoms with Crippen molar-refractivity contribution < 1.29 is 14.0 Å². The van der Waals surface area contributed by atoms with Gasteiger partial charge in [0.1, 0.15) is 5.82 Å². The van der Waals surface area contributed by atoms with Crippen molar-refractivity contribution in [1.82, 2.24) is 16.2 Å². The second-order valence-corrected chi connectivity index (χ2v) is 6.98. The van der Waals surface area contributed by atoms with Gasteiger partial charge in [0.05, 0.1) is 5.92 Å². The maximum Gasteiger partial charge on any atom is 0.250 e. The zero-order valence-corrected chi connectivity index (χ0v) is 17.2. The minimum atomic E-state index is -0.549. The summed E-state index contributed by atoms with van der Waals surface area (Å²) in [7, 11) is 0. The van der Waals surface area contributed by atoms with Crippen molar-refractivity contribution in [3.05, 3.63) is 114 Å². The Labute approximate surface area is 185 Å². The van der Waals surface area contributed by atoms with Gasteiger partial charge in [0.2, 0.25) is 11.8 Å². The van der Waals surface area contributed by atoms with Crippen molar-refractivity contribution in [2.24, 2.45) is 0 Å². The number of rotatable bonds is 5. The Balaban J connectivity index is 1.58. The van der Waals surface area contributed by atoms with Crippen LogP contribution in [0.25, 0.3) is 6.08 Å². The van der Waals surface area contributed by atoms with Gasteiger partial charge in [0, 0.05) is 6.08 Å². The second-order valence-electron chi connectivity index (χ2n) is 6.57. The quantitative estimate of drug-likeness (QED) is 0.326. The molecule has 5 nitrogen and oxygen atoms in total. The summed E-state index contributed by atoms with van der Waals surface area (Å²) in [6, 6.07) is 24.4. The summed E-state index contributed by atoms with van der Waals surface area (Å²) in [4.78, 5) is 24.9. The van der Waals surface area contributed by atoms with Gasteiger partial charge < -0.3 is 0 Å². The molecule has 0 bridgehead atoms. The highest BCUT2D eigenvalue weighted by Gasteiger charge is 2.22. The average molecular weight is 434 g/mol. The van der Waals surface area contributed by atoms with E-state index in [4.69, 9.17) is 12.2 Å². The number of nitrogens with one attached hydrogen (secondary N) is 3. The van der Waals surface area contributed by atoms with Gasteiger partial charge in [-0.3, -0.25) is 25.8 Å². The Bertz CT molecular complexity index is 1030. The van der Waals surface area contributed by atoms with Crippen LogP contribution in [0.2, 0.25) is 0 Å². The van der Waals surface area contributed by atoms with Gasteiger partial charge in [-0.05, 0) is 47.1 Å². The molecule has 0 radical (unpaired) electrons. The van der Waals surface area contributed by atoms with E-state index in [1.54, 1.807) is 12.1 Å². The average Bonchev–Trinajstić information content (AvgIpc) is 2.79. The van der Waals surface area contributed by atoms with E-state index in [2.05, 4.69) is 16.2 Å². The number of benzene rings is 3. The lowest BCUT2D eigenvalue weighted by atomic mass is 9.91. The molecule has 3 aromatic carbocycles. The Morgan fingerprint density at radius 3 is 1.90 bits per heavy atom. The Hall–Kier alpha value is -3.84. The topological polar surface area (TPSA) is 70.2 Å². The zero-order valence-electron chi connectivity index (χ0n) is 16.4. The van der Waals surface area contributed by atoms with Gasteiger partial charge in [0.25, 0.3) is 0 Å². The van der Waals surface area contributed by atoms with Crippen LogP contribution in [0.5, 0.6) is 0 Å². The Morgan fingerprint density at radius 1 is 0.806 bits per heavy atom. The molecule has 0 aromatic heterocycles. The van der Waals surface area contributed by atoms with Crippen molar-refractivity contribution >= 4 is 35.2 Å². The summed E-state index contributed by atoms with van der Waals surface area (Å²) in [5.41, 5.74) is 7.42. The zero-order chi connectivity index (χ0) is 22.1. The van der Waals surface area contributed by atoms with Crippen molar-refractivity contribution in [2.75, 3.05) is 0 Å². The van der Waals surface area contributed by atoms with Crippen molar-refractivity contribution in [3.8, 4) is 0 Å². The second kappa shape index (κ2) is 10.8. The predicted molar refractivity (Wildman–Crippen MR) is 122 cm³/mol. The third kappa shape index (κ3) is 6.58. The highest BCUT2D eigenvalue weighted by Crippen LogP contribution is 2.24. The number of amides is 2. The standard InChI is InChI=1S/C24H20FN3O2S/c25-20-14-11-17(12-15-20)13-16-21(29)26-24(31)28-27-23(30)22(18-7-3-1-4-8-18)19-9-5-2-6-10-19/h1-16,22H,(H,27,30)(H2,26,28,29,31). The predicted octanol–water partition coefficient (Wildman–Crippen LogP) is 3.69. The molecule has 0 saturated carbocycles. The molecule has 3 rings (SSSR count). The van der Waals surface area contributed by atoms with E-state index in [0.29, 0.717) is 5.56 Å². The number of carbonyl (C=O) groups is 2. The molecule has 0 saturated heterocycles.